The van der Waals surface area contributed by atoms with E-state index >= 15 is 0 Å². The number of nitrogens with zero attached hydrogens (tertiary/aromatic N) is 2. The lowest BCUT2D eigenvalue weighted by Crippen LogP contribution is -2.29. The fourth-order valence-electron chi connectivity index (χ4n) is 2.87. The summed E-state index contributed by atoms with van der Waals surface area (Å²) in [6, 6.07) is 0. The minimum absolute atomic E-state index is 0.291. The Balaban J connectivity index is 1.97. The number of aromatic nitrogens is 1. The predicted octanol–water partition coefficient (Wildman–Crippen LogP) is 3.75. The summed E-state index contributed by atoms with van der Waals surface area (Å²) in [5.41, 5.74) is 0.291. The first-order valence-corrected chi connectivity index (χ1v) is 8.68. The summed E-state index contributed by atoms with van der Waals surface area (Å²) < 4.78 is 0. The molecule has 1 aliphatic heterocycles. The number of carbonyl (C=O) groups is 1. The number of likely N-dealkylation sites (tertiary alicyclic amines) is 1. The van der Waals surface area contributed by atoms with Crippen LogP contribution in [0.2, 0.25) is 0 Å². The third-order valence-corrected chi connectivity index (χ3v) is 5.20. The molecule has 2 rings (SSSR count). The molecule has 1 N–H and O–H groups in total. The molecular weight excluding hydrogens is 282 g/mol. The second kappa shape index (κ2) is 6.77. The zero-order valence-corrected chi connectivity index (χ0v) is 14.4. The zero-order valence-electron chi connectivity index (χ0n) is 13.6. The highest BCUT2D eigenvalue weighted by Gasteiger charge is 2.30. The van der Waals surface area contributed by atoms with Gasteiger partial charge in [-0.15, -0.1) is 11.3 Å². The van der Waals surface area contributed by atoms with E-state index in [1.807, 2.05) is 11.1 Å². The molecule has 5 heteroatoms. The van der Waals surface area contributed by atoms with Crippen molar-refractivity contribution in [3.63, 3.8) is 0 Å². The van der Waals surface area contributed by atoms with Gasteiger partial charge in [-0.25, -0.2) is 4.98 Å². The number of carbonyl (C=O) groups excluding carboxylic acids is 1. The molecule has 1 aromatic rings. The average Bonchev–Trinajstić information content (AvgIpc) is 2.74. The molecule has 21 heavy (non-hydrogen) atoms. The number of nitrogens with one attached hydrogen (secondary N) is 1. The van der Waals surface area contributed by atoms with Crippen molar-refractivity contribution in [2.24, 2.45) is 11.3 Å². The highest BCUT2D eigenvalue weighted by molar-refractivity contribution is 7.15. The van der Waals surface area contributed by atoms with Gasteiger partial charge in [0.2, 0.25) is 5.91 Å². The average molecular weight is 309 g/mol. The van der Waals surface area contributed by atoms with Crippen LogP contribution in [0, 0.1) is 11.3 Å². The Morgan fingerprint density at radius 1 is 1.43 bits per heavy atom. The molecule has 1 fully saturated rings. The van der Waals surface area contributed by atoms with Crippen molar-refractivity contribution in [2.45, 2.75) is 53.5 Å². The van der Waals surface area contributed by atoms with Gasteiger partial charge in [-0.05, 0) is 31.1 Å². The van der Waals surface area contributed by atoms with Crippen LogP contribution in [-0.4, -0.2) is 28.9 Å². The number of amides is 1. The largest absolute Gasteiger partial charge is 0.362 e. The molecule has 2 heterocycles. The Bertz CT molecular complexity index is 478. The maximum absolute atomic E-state index is 12.3. The lowest BCUT2D eigenvalue weighted by atomic mass is 9.77. The highest BCUT2D eigenvalue weighted by atomic mass is 32.1. The maximum Gasteiger partial charge on any atom is 0.222 e. The van der Waals surface area contributed by atoms with Gasteiger partial charge in [-0.1, -0.05) is 20.8 Å². The number of rotatable bonds is 4. The first-order chi connectivity index (χ1) is 9.90. The Hall–Kier alpha value is -1.10. The Labute approximate surface area is 132 Å². The summed E-state index contributed by atoms with van der Waals surface area (Å²) in [6.07, 6.45) is 4.70. The highest BCUT2D eigenvalue weighted by Crippen LogP contribution is 2.35. The molecule has 0 bridgehead atoms. The van der Waals surface area contributed by atoms with Crippen molar-refractivity contribution >= 4 is 22.4 Å². The standard InChI is InChI=1S/C16H27N3OS/c1-5-17-15-18-10-13(21-15)11-19-9-8-12(16(2,3)4)6-7-14(19)20/h10,12H,5-9,11H2,1-4H3,(H,17,18). The van der Waals surface area contributed by atoms with Crippen molar-refractivity contribution in [2.75, 3.05) is 18.4 Å². The van der Waals surface area contributed by atoms with E-state index in [1.54, 1.807) is 11.3 Å². The number of anilines is 1. The van der Waals surface area contributed by atoms with Gasteiger partial charge in [0.1, 0.15) is 0 Å². The monoisotopic (exact) mass is 309 g/mol. The third kappa shape index (κ3) is 4.43. The summed E-state index contributed by atoms with van der Waals surface area (Å²) in [5, 5.41) is 4.17. The van der Waals surface area contributed by atoms with Gasteiger partial charge < -0.3 is 10.2 Å². The van der Waals surface area contributed by atoms with Gasteiger partial charge in [0.25, 0.3) is 0 Å². The summed E-state index contributed by atoms with van der Waals surface area (Å²) in [6.45, 7) is 11.4. The molecule has 1 saturated heterocycles. The second-order valence-corrected chi connectivity index (χ2v) is 7.98. The smallest absolute Gasteiger partial charge is 0.222 e. The summed E-state index contributed by atoms with van der Waals surface area (Å²) >= 11 is 1.65. The van der Waals surface area contributed by atoms with Gasteiger partial charge in [-0.2, -0.15) is 0 Å². The molecular formula is C16H27N3OS. The van der Waals surface area contributed by atoms with Crippen molar-refractivity contribution in [1.29, 1.82) is 0 Å². The molecule has 0 saturated carbocycles. The minimum atomic E-state index is 0.291. The summed E-state index contributed by atoms with van der Waals surface area (Å²) in [7, 11) is 0. The van der Waals surface area contributed by atoms with E-state index in [-0.39, 0.29) is 0 Å². The van der Waals surface area contributed by atoms with Gasteiger partial charge >= 0.3 is 0 Å². The van der Waals surface area contributed by atoms with E-state index in [0.29, 0.717) is 30.2 Å². The van der Waals surface area contributed by atoms with E-state index in [4.69, 9.17) is 0 Å². The summed E-state index contributed by atoms with van der Waals surface area (Å²) in [5.74, 6) is 0.922. The molecule has 118 valence electrons. The van der Waals surface area contributed by atoms with Crippen molar-refractivity contribution in [3.05, 3.63) is 11.1 Å². The van der Waals surface area contributed by atoms with Crippen LogP contribution in [0.3, 0.4) is 0 Å². The Morgan fingerprint density at radius 3 is 2.86 bits per heavy atom. The molecule has 1 atom stereocenters. The summed E-state index contributed by atoms with van der Waals surface area (Å²) in [4.78, 5) is 19.8. The fourth-order valence-corrected chi connectivity index (χ4v) is 3.77. The van der Waals surface area contributed by atoms with E-state index in [1.165, 1.54) is 0 Å². The number of hydrogen-bond acceptors (Lipinski definition) is 4. The van der Waals surface area contributed by atoms with Crippen molar-refractivity contribution in [1.82, 2.24) is 9.88 Å². The molecule has 4 nitrogen and oxygen atoms in total. The van der Waals surface area contributed by atoms with Crippen LogP contribution in [0.4, 0.5) is 5.13 Å². The maximum atomic E-state index is 12.3. The fraction of sp³-hybridized carbons (Fsp3) is 0.750. The molecule has 0 aromatic carbocycles. The van der Waals surface area contributed by atoms with Crippen LogP contribution < -0.4 is 5.32 Å². The lowest BCUT2D eigenvalue weighted by Gasteiger charge is -2.29. The van der Waals surface area contributed by atoms with E-state index in [9.17, 15) is 4.79 Å². The van der Waals surface area contributed by atoms with Gasteiger partial charge in [0.05, 0.1) is 6.54 Å². The Kier molecular flexibility index (Phi) is 5.25. The van der Waals surface area contributed by atoms with Crippen LogP contribution in [0.25, 0.3) is 0 Å². The van der Waals surface area contributed by atoms with Crippen LogP contribution in [0.5, 0.6) is 0 Å². The quantitative estimate of drug-likeness (QED) is 0.921. The lowest BCUT2D eigenvalue weighted by molar-refractivity contribution is -0.131. The van der Waals surface area contributed by atoms with Crippen LogP contribution in [0.1, 0.15) is 51.8 Å². The van der Waals surface area contributed by atoms with Crippen LogP contribution in [0.15, 0.2) is 6.20 Å². The van der Waals surface area contributed by atoms with Gasteiger partial charge in [0, 0.05) is 30.6 Å². The molecule has 0 spiro atoms. The molecule has 1 amide bonds. The molecule has 0 aliphatic carbocycles. The number of hydrogen-bond donors (Lipinski definition) is 1. The van der Waals surface area contributed by atoms with Crippen LogP contribution in [-0.2, 0) is 11.3 Å². The molecule has 1 unspecified atom stereocenters. The zero-order chi connectivity index (χ0) is 15.5. The normalized spacial score (nSPS) is 20.5. The topological polar surface area (TPSA) is 45.2 Å². The first kappa shape index (κ1) is 16.3. The molecule has 1 aliphatic rings. The van der Waals surface area contributed by atoms with Crippen molar-refractivity contribution in [3.8, 4) is 0 Å². The first-order valence-electron chi connectivity index (χ1n) is 7.86. The predicted molar refractivity (Wildman–Crippen MR) is 88.5 cm³/mol. The van der Waals surface area contributed by atoms with E-state index in [0.717, 1.165) is 35.9 Å². The van der Waals surface area contributed by atoms with E-state index < -0.39 is 0 Å². The molecule has 1 aromatic heterocycles. The van der Waals surface area contributed by atoms with Crippen molar-refractivity contribution < 1.29 is 4.79 Å². The Morgan fingerprint density at radius 2 is 2.19 bits per heavy atom. The second-order valence-electron chi connectivity index (χ2n) is 6.87. The van der Waals surface area contributed by atoms with E-state index in [2.05, 4.69) is 38.0 Å². The van der Waals surface area contributed by atoms with Gasteiger partial charge in [-0.3, -0.25) is 4.79 Å². The van der Waals surface area contributed by atoms with Crippen LogP contribution >= 0.6 is 11.3 Å². The SMILES string of the molecule is CCNc1ncc(CN2CCC(C(C)(C)C)CCC2=O)s1. The number of thiazole rings is 1. The third-order valence-electron chi connectivity index (χ3n) is 4.26. The molecule has 0 radical (unpaired) electrons. The van der Waals surface area contributed by atoms with Gasteiger partial charge in [0.15, 0.2) is 5.13 Å². The minimum Gasteiger partial charge on any atom is -0.362 e.